The van der Waals surface area contributed by atoms with Gasteiger partial charge in [0, 0.05) is 25.7 Å². The molecule has 6 nitrogen and oxygen atoms in total. The second kappa shape index (κ2) is 7.97. The first-order chi connectivity index (χ1) is 11.0. The van der Waals surface area contributed by atoms with Crippen LogP contribution < -0.4 is 11.1 Å². The molecule has 6 heteroatoms. The molecule has 1 fully saturated rings. The van der Waals surface area contributed by atoms with Crippen molar-refractivity contribution in [2.45, 2.75) is 38.4 Å². The highest BCUT2D eigenvalue weighted by Gasteiger charge is 2.29. The molecule has 126 valence electrons. The first kappa shape index (κ1) is 17.3. The minimum Gasteiger partial charge on any atom is -0.351 e. The molecule has 1 aliphatic rings. The number of likely N-dealkylation sites (N-methyl/N-ethyl adjacent to an activating group) is 1. The van der Waals surface area contributed by atoms with Crippen LogP contribution in [-0.4, -0.2) is 54.0 Å². The Morgan fingerprint density at radius 1 is 1.39 bits per heavy atom. The van der Waals surface area contributed by atoms with E-state index in [9.17, 15) is 9.59 Å². The number of likely N-dealkylation sites (tertiary alicyclic amines) is 1. The van der Waals surface area contributed by atoms with E-state index in [0.29, 0.717) is 13.1 Å². The molecular weight excluding hydrogens is 292 g/mol. The highest BCUT2D eigenvalue weighted by Crippen LogP contribution is 2.12. The molecule has 0 spiro atoms. The molecule has 0 radical (unpaired) electrons. The van der Waals surface area contributed by atoms with Crippen molar-refractivity contribution in [3.8, 4) is 0 Å². The highest BCUT2D eigenvalue weighted by atomic mass is 16.2. The van der Waals surface area contributed by atoms with Gasteiger partial charge in [0.25, 0.3) is 0 Å². The van der Waals surface area contributed by atoms with Crippen LogP contribution in [0.4, 0.5) is 4.79 Å². The monoisotopic (exact) mass is 318 g/mol. The maximum atomic E-state index is 12.6. The van der Waals surface area contributed by atoms with Gasteiger partial charge in [-0.25, -0.2) is 4.79 Å². The molecule has 2 atom stereocenters. The van der Waals surface area contributed by atoms with Gasteiger partial charge in [-0.1, -0.05) is 37.3 Å². The molecule has 1 saturated heterocycles. The number of carbonyl (C=O) groups is 2. The Labute approximate surface area is 137 Å². The lowest BCUT2D eigenvalue weighted by atomic mass is 10.1. The normalized spacial score (nSPS) is 18.9. The summed E-state index contributed by atoms with van der Waals surface area (Å²) < 4.78 is 0. The average Bonchev–Trinajstić information content (AvgIpc) is 2.97. The topological polar surface area (TPSA) is 78.7 Å². The van der Waals surface area contributed by atoms with Crippen molar-refractivity contribution >= 4 is 11.9 Å². The van der Waals surface area contributed by atoms with E-state index >= 15 is 0 Å². The van der Waals surface area contributed by atoms with Gasteiger partial charge in [-0.2, -0.15) is 0 Å². The minimum atomic E-state index is -0.421. The molecule has 1 aromatic carbocycles. The number of nitrogens with two attached hydrogens (primary N) is 1. The van der Waals surface area contributed by atoms with Crippen molar-refractivity contribution in [2.24, 2.45) is 5.73 Å². The Hall–Kier alpha value is -2.08. The number of rotatable bonds is 6. The first-order valence-electron chi connectivity index (χ1n) is 8.10. The molecule has 23 heavy (non-hydrogen) atoms. The number of nitrogens with one attached hydrogen (secondary N) is 1. The summed E-state index contributed by atoms with van der Waals surface area (Å²) in [5.74, 6) is 0.0160. The number of amides is 3. The van der Waals surface area contributed by atoms with Crippen molar-refractivity contribution in [1.82, 2.24) is 15.1 Å². The van der Waals surface area contributed by atoms with Crippen LogP contribution in [0, 0.1) is 0 Å². The Morgan fingerprint density at radius 2 is 2.09 bits per heavy atom. The van der Waals surface area contributed by atoms with Crippen LogP contribution in [0.15, 0.2) is 30.3 Å². The standard InChI is InChI=1S/C17H26N4O2/c1-3-15(20(2)11-13-7-5-4-6-8-13)16(22)19-14-9-10-21(12-14)17(18)23/h4-8,14-15H,3,9-12H2,1-2H3,(H2,18,23)(H,19,22)/t14-,15+/m0/s1. The molecule has 3 N–H and O–H groups in total. The fraction of sp³-hybridized carbons (Fsp3) is 0.529. The largest absolute Gasteiger partial charge is 0.351 e. The molecule has 3 amide bonds. The number of nitrogens with zero attached hydrogens (tertiary/aromatic N) is 2. The van der Waals surface area contributed by atoms with E-state index in [1.54, 1.807) is 4.90 Å². The third-order valence-corrected chi connectivity index (χ3v) is 4.34. The maximum absolute atomic E-state index is 12.6. The fourth-order valence-corrected chi connectivity index (χ4v) is 3.05. The van der Waals surface area contributed by atoms with Crippen molar-refractivity contribution in [2.75, 3.05) is 20.1 Å². The number of hydrogen-bond donors (Lipinski definition) is 2. The van der Waals surface area contributed by atoms with E-state index in [0.717, 1.165) is 19.4 Å². The quantitative estimate of drug-likeness (QED) is 0.826. The van der Waals surface area contributed by atoms with E-state index in [1.165, 1.54) is 5.56 Å². The summed E-state index contributed by atoms with van der Waals surface area (Å²) >= 11 is 0. The summed E-state index contributed by atoms with van der Waals surface area (Å²) in [6.07, 6.45) is 1.49. The van der Waals surface area contributed by atoms with Crippen LogP contribution >= 0.6 is 0 Å². The molecule has 1 aromatic rings. The average molecular weight is 318 g/mol. The van der Waals surface area contributed by atoms with E-state index in [4.69, 9.17) is 5.73 Å². The predicted octanol–water partition coefficient (Wildman–Crippen LogP) is 1.17. The second-order valence-electron chi connectivity index (χ2n) is 6.10. The zero-order valence-corrected chi connectivity index (χ0v) is 13.9. The van der Waals surface area contributed by atoms with Gasteiger partial charge in [-0.05, 0) is 25.5 Å². The van der Waals surface area contributed by atoms with E-state index in [-0.39, 0.29) is 18.0 Å². The van der Waals surface area contributed by atoms with Gasteiger partial charge < -0.3 is 16.0 Å². The van der Waals surface area contributed by atoms with Crippen LogP contribution in [0.2, 0.25) is 0 Å². The molecule has 1 heterocycles. The first-order valence-corrected chi connectivity index (χ1v) is 8.10. The van der Waals surface area contributed by atoms with Gasteiger partial charge in [0.1, 0.15) is 0 Å². The van der Waals surface area contributed by atoms with Crippen molar-refractivity contribution in [3.63, 3.8) is 0 Å². The zero-order valence-electron chi connectivity index (χ0n) is 13.9. The van der Waals surface area contributed by atoms with Crippen LogP contribution in [-0.2, 0) is 11.3 Å². The fourth-order valence-electron chi connectivity index (χ4n) is 3.05. The van der Waals surface area contributed by atoms with Gasteiger partial charge in [-0.15, -0.1) is 0 Å². The predicted molar refractivity (Wildman–Crippen MR) is 89.7 cm³/mol. The summed E-state index contributed by atoms with van der Waals surface area (Å²) in [5, 5.41) is 3.05. The molecule has 0 aromatic heterocycles. The van der Waals surface area contributed by atoms with Crippen LogP contribution in [0.5, 0.6) is 0 Å². The number of carbonyl (C=O) groups excluding carboxylic acids is 2. The Bertz CT molecular complexity index is 535. The third kappa shape index (κ3) is 4.69. The summed E-state index contributed by atoms with van der Waals surface area (Å²) in [7, 11) is 1.96. The number of primary amides is 1. The van der Waals surface area contributed by atoms with Gasteiger partial charge >= 0.3 is 6.03 Å². The molecule has 0 unspecified atom stereocenters. The zero-order chi connectivity index (χ0) is 16.8. The Kier molecular flexibility index (Phi) is 5.98. The van der Waals surface area contributed by atoms with Gasteiger partial charge in [0.2, 0.25) is 5.91 Å². The molecule has 0 saturated carbocycles. The van der Waals surface area contributed by atoms with Crippen molar-refractivity contribution in [1.29, 1.82) is 0 Å². The lowest BCUT2D eigenvalue weighted by Crippen LogP contribution is -2.49. The molecule has 0 aliphatic carbocycles. The van der Waals surface area contributed by atoms with Gasteiger partial charge in [-0.3, -0.25) is 9.69 Å². The van der Waals surface area contributed by atoms with Crippen LogP contribution in [0.25, 0.3) is 0 Å². The second-order valence-corrected chi connectivity index (χ2v) is 6.10. The molecular formula is C17H26N4O2. The molecule has 1 aliphatic heterocycles. The summed E-state index contributed by atoms with van der Waals surface area (Å²) in [6, 6.07) is 9.49. The van der Waals surface area contributed by atoms with Gasteiger partial charge in [0.05, 0.1) is 6.04 Å². The van der Waals surface area contributed by atoms with E-state index < -0.39 is 6.03 Å². The highest BCUT2D eigenvalue weighted by molar-refractivity contribution is 5.82. The molecule has 0 bridgehead atoms. The Balaban J connectivity index is 1.89. The lowest BCUT2D eigenvalue weighted by Gasteiger charge is -2.27. The Morgan fingerprint density at radius 3 is 2.65 bits per heavy atom. The maximum Gasteiger partial charge on any atom is 0.314 e. The third-order valence-electron chi connectivity index (χ3n) is 4.34. The van der Waals surface area contributed by atoms with Crippen molar-refractivity contribution < 1.29 is 9.59 Å². The van der Waals surface area contributed by atoms with Crippen LogP contribution in [0.3, 0.4) is 0 Å². The van der Waals surface area contributed by atoms with E-state index in [1.807, 2.05) is 32.2 Å². The summed E-state index contributed by atoms with van der Waals surface area (Å²) in [5.41, 5.74) is 6.46. The minimum absolute atomic E-state index is 0.00539. The SMILES string of the molecule is CC[C@H](C(=O)N[C@H]1CCN(C(N)=O)C1)N(C)Cc1ccccc1. The number of hydrogen-bond acceptors (Lipinski definition) is 3. The van der Waals surface area contributed by atoms with Crippen molar-refractivity contribution in [3.05, 3.63) is 35.9 Å². The lowest BCUT2D eigenvalue weighted by molar-refractivity contribution is -0.126. The molecule has 2 rings (SSSR count). The van der Waals surface area contributed by atoms with E-state index in [2.05, 4.69) is 22.3 Å². The summed E-state index contributed by atoms with van der Waals surface area (Å²) in [4.78, 5) is 27.3. The smallest absolute Gasteiger partial charge is 0.314 e. The van der Waals surface area contributed by atoms with Crippen LogP contribution in [0.1, 0.15) is 25.3 Å². The number of urea groups is 1. The van der Waals surface area contributed by atoms with Gasteiger partial charge in [0.15, 0.2) is 0 Å². The summed E-state index contributed by atoms with van der Waals surface area (Å²) in [6.45, 7) is 3.85. The number of benzene rings is 1.